The predicted octanol–water partition coefficient (Wildman–Crippen LogP) is 2.51. The van der Waals surface area contributed by atoms with Crippen LogP contribution < -0.4 is 0 Å². The van der Waals surface area contributed by atoms with Crippen LogP contribution in [0.15, 0.2) is 11.6 Å². The number of ether oxygens (including phenoxy) is 1. The van der Waals surface area contributed by atoms with E-state index < -0.39 is 0 Å². The first-order chi connectivity index (χ1) is 10.6. The number of hydrogen-bond donors (Lipinski definition) is 1. The van der Waals surface area contributed by atoms with Gasteiger partial charge in [0, 0.05) is 31.2 Å². The molecule has 3 rings (SSSR count). The molecule has 4 heteroatoms. The number of carbonyl (C=O) groups is 1. The number of carbonyl (C=O) groups excluding carboxylic acids is 1. The lowest BCUT2D eigenvalue weighted by Crippen LogP contribution is -2.47. The summed E-state index contributed by atoms with van der Waals surface area (Å²) < 4.78 is 5.54. The highest BCUT2D eigenvalue weighted by Crippen LogP contribution is 2.31. The molecule has 0 aromatic rings. The predicted molar refractivity (Wildman–Crippen MR) is 85.4 cm³/mol. The number of nitrogens with zero attached hydrogens (tertiary/aromatic N) is 1. The Bertz CT molecular complexity index is 424. The van der Waals surface area contributed by atoms with Crippen molar-refractivity contribution in [3.63, 3.8) is 0 Å². The van der Waals surface area contributed by atoms with E-state index in [9.17, 15) is 9.90 Å². The molecule has 0 radical (unpaired) electrons. The van der Waals surface area contributed by atoms with Gasteiger partial charge in [-0.2, -0.15) is 0 Å². The average molecular weight is 307 g/mol. The normalized spacial score (nSPS) is 36.5. The molecule has 1 aliphatic carbocycles. The first kappa shape index (κ1) is 16.0. The largest absolute Gasteiger partial charge is 0.393 e. The van der Waals surface area contributed by atoms with Crippen LogP contribution in [0.4, 0.5) is 0 Å². The van der Waals surface area contributed by atoms with Gasteiger partial charge in [0.25, 0.3) is 0 Å². The van der Waals surface area contributed by atoms with Crippen molar-refractivity contribution >= 4 is 5.91 Å². The molecule has 124 valence electrons. The Hall–Kier alpha value is -0.870. The number of likely N-dealkylation sites (tertiary alicyclic amines) is 1. The molecule has 4 nitrogen and oxygen atoms in total. The van der Waals surface area contributed by atoms with E-state index in [1.807, 2.05) is 11.0 Å². The fraction of sp³-hybridized carbons (Fsp3) is 0.833. The fourth-order valence-electron chi connectivity index (χ4n) is 4.16. The number of rotatable bonds is 2. The van der Waals surface area contributed by atoms with Crippen LogP contribution in [0, 0.1) is 11.8 Å². The maximum absolute atomic E-state index is 12.7. The van der Waals surface area contributed by atoms with Gasteiger partial charge < -0.3 is 14.7 Å². The number of allylic oxidation sites excluding steroid dienone is 1. The molecule has 3 atom stereocenters. The Labute approximate surface area is 133 Å². The highest BCUT2D eigenvalue weighted by molar-refractivity contribution is 5.88. The van der Waals surface area contributed by atoms with Crippen molar-refractivity contribution in [1.82, 2.24) is 4.90 Å². The Morgan fingerprint density at radius 2 is 2.05 bits per heavy atom. The molecule has 1 amide bonds. The van der Waals surface area contributed by atoms with Gasteiger partial charge in [0.2, 0.25) is 5.91 Å². The van der Waals surface area contributed by atoms with Crippen LogP contribution in [0.25, 0.3) is 0 Å². The summed E-state index contributed by atoms with van der Waals surface area (Å²) >= 11 is 0. The molecule has 0 bridgehead atoms. The van der Waals surface area contributed by atoms with E-state index in [1.165, 1.54) is 18.4 Å². The van der Waals surface area contributed by atoms with E-state index >= 15 is 0 Å². The van der Waals surface area contributed by atoms with Crippen molar-refractivity contribution in [3.05, 3.63) is 11.6 Å². The first-order valence-corrected chi connectivity index (χ1v) is 8.91. The molecule has 0 unspecified atom stereocenters. The molecule has 3 aliphatic rings. The summed E-state index contributed by atoms with van der Waals surface area (Å²) in [5.41, 5.74) is 1.31. The van der Waals surface area contributed by atoms with Gasteiger partial charge in [-0.3, -0.25) is 4.79 Å². The zero-order valence-corrected chi connectivity index (χ0v) is 13.7. The van der Waals surface area contributed by atoms with Crippen LogP contribution in [0.5, 0.6) is 0 Å². The molecular formula is C18H29NO3. The van der Waals surface area contributed by atoms with Gasteiger partial charge in [-0.1, -0.05) is 12.5 Å². The van der Waals surface area contributed by atoms with E-state index in [-0.39, 0.29) is 24.0 Å². The second-order valence-corrected chi connectivity index (χ2v) is 7.32. The van der Waals surface area contributed by atoms with Gasteiger partial charge in [0.05, 0.1) is 12.7 Å². The molecule has 0 aromatic heterocycles. The summed E-state index contributed by atoms with van der Waals surface area (Å²) in [4.78, 5) is 14.7. The third kappa shape index (κ3) is 3.54. The van der Waals surface area contributed by atoms with Crippen molar-refractivity contribution in [2.75, 3.05) is 19.8 Å². The Balaban J connectivity index is 1.64. The Morgan fingerprint density at radius 3 is 2.77 bits per heavy atom. The maximum Gasteiger partial charge on any atom is 0.246 e. The topological polar surface area (TPSA) is 49.8 Å². The van der Waals surface area contributed by atoms with Crippen LogP contribution in [-0.4, -0.2) is 47.8 Å². The van der Waals surface area contributed by atoms with Gasteiger partial charge in [-0.05, 0) is 50.9 Å². The first-order valence-electron chi connectivity index (χ1n) is 8.91. The molecule has 2 saturated heterocycles. The zero-order valence-electron chi connectivity index (χ0n) is 13.7. The molecule has 1 saturated carbocycles. The number of aliphatic hydroxyl groups excluding tert-OH is 1. The van der Waals surface area contributed by atoms with E-state index in [4.69, 9.17) is 4.74 Å². The van der Waals surface area contributed by atoms with Gasteiger partial charge >= 0.3 is 0 Å². The van der Waals surface area contributed by atoms with Gasteiger partial charge in [-0.15, -0.1) is 0 Å². The minimum atomic E-state index is -0.324. The summed E-state index contributed by atoms with van der Waals surface area (Å²) in [5.74, 6) is 1.04. The van der Waals surface area contributed by atoms with Gasteiger partial charge in [0.15, 0.2) is 0 Å². The van der Waals surface area contributed by atoms with Crippen LogP contribution in [0.2, 0.25) is 0 Å². The minimum absolute atomic E-state index is 0.0879. The minimum Gasteiger partial charge on any atom is -0.393 e. The van der Waals surface area contributed by atoms with Crippen molar-refractivity contribution < 1.29 is 14.6 Å². The van der Waals surface area contributed by atoms with Crippen molar-refractivity contribution in [3.8, 4) is 0 Å². The fourth-order valence-corrected chi connectivity index (χ4v) is 4.16. The molecule has 2 heterocycles. The lowest BCUT2D eigenvalue weighted by atomic mass is 9.86. The number of hydrogen-bond acceptors (Lipinski definition) is 3. The van der Waals surface area contributed by atoms with E-state index in [0.717, 1.165) is 38.1 Å². The second-order valence-electron chi connectivity index (χ2n) is 7.32. The van der Waals surface area contributed by atoms with Crippen LogP contribution in [-0.2, 0) is 9.53 Å². The number of amides is 1. The summed E-state index contributed by atoms with van der Waals surface area (Å²) in [5, 5.41) is 10.2. The van der Waals surface area contributed by atoms with Crippen LogP contribution in [0.1, 0.15) is 51.9 Å². The monoisotopic (exact) mass is 307 g/mol. The second kappa shape index (κ2) is 7.14. The van der Waals surface area contributed by atoms with Crippen molar-refractivity contribution in [2.45, 2.75) is 64.0 Å². The van der Waals surface area contributed by atoms with E-state index in [1.54, 1.807) is 0 Å². The highest BCUT2D eigenvalue weighted by atomic mass is 16.5. The molecule has 0 spiro atoms. The Morgan fingerprint density at radius 1 is 1.27 bits per heavy atom. The van der Waals surface area contributed by atoms with Crippen molar-refractivity contribution in [1.29, 1.82) is 0 Å². The SMILES string of the molecule is CC1CCC(=CC(=O)N2CCC[C@@H]2[C@H]2COCC[C@H]2O)CC1. The van der Waals surface area contributed by atoms with Gasteiger partial charge in [0.1, 0.15) is 0 Å². The number of aliphatic hydroxyl groups is 1. The Kier molecular flexibility index (Phi) is 5.19. The van der Waals surface area contributed by atoms with E-state index in [2.05, 4.69) is 6.92 Å². The smallest absolute Gasteiger partial charge is 0.246 e. The highest BCUT2D eigenvalue weighted by Gasteiger charge is 2.39. The van der Waals surface area contributed by atoms with Gasteiger partial charge in [-0.25, -0.2) is 0 Å². The summed E-state index contributed by atoms with van der Waals surface area (Å²) in [7, 11) is 0. The quantitative estimate of drug-likeness (QED) is 0.798. The third-order valence-corrected chi connectivity index (χ3v) is 5.68. The molecule has 0 aromatic carbocycles. The maximum atomic E-state index is 12.7. The zero-order chi connectivity index (χ0) is 15.5. The average Bonchev–Trinajstić information content (AvgIpc) is 2.99. The van der Waals surface area contributed by atoms with Crippen LogP contribution in [0.3, 0.4) is 0 Å². The third-order valence-electron chi connectivity index (χ3n) is 5.68. The molecule has 22 heavy (non-hydrogen) atoms. The molecule has 3 fully saturated rings. The standard InChI is InChI=1S/C18H29NO3/c1-13-4-6-14(7-5-13)11-18(21)19-9-2-3-16(19)15-12-22-10-8-17(15)20/h11,13,15-17,20H,2-10,12H2,1H3/t13?,15-,16-,17-/m1/s1. The van der Waals surface area contributed by atoms with Crippen molar-refractivity contribution in [2.24, 2.45) is 11.8 Å². The van der Waals surface area contributed by atoms with E-state index in [0.29, 0.717) is 19.6 Å². The van der Waals surface area contributed by atoms with Crippen LogP contribution >= 0.6 is 0 Å². The lowest BCUT2D eigenvalue weighted by Gasteiger charge is -2.36. The lowest BCUT2D eigenvalue weighted by molar-refractivity contribution is -0.131. The molecule has 1 N–H and O–H groups in total. The summed E-state index contributed by atoms with van der Waals surface area (Å²) in [6.45, 7) is 4.34. The molecule has 2 aliphatic heterocycles. The summed E-state index contributed by atoms with van der Waals surface area (Å²) in [6.07, 6.45) is 8.85. The molecular weight excluding hydrogens is 278 g/mol. The summed E-state index contributed by atoms with van der Waals surface area (Å²) in [6, 6.07) is 0.155.